The molecule has 0 aliphatic heterocycles. The quantitative estimate of drug-likeness (QED) is 0.450. The number of hydrogen-bond acceptors (Lipinski definition) is 6. The Hall–Kier alpha value is -1.52. The maximum absolute atomic E-state index is 11.4. The molecule has 16 heavy (non-hydrogen) atoms. The van der Waals surface area contributed by atoms with E-state index in [0.717, 1.165) is 6.33 Å². The molecule has 1 rings (SSSR count). The smallest absolute Gasteiger partial charge is 0.320 e. The normalized spacial score (nSPS) is 13.6. The summed E-state index contributed by atoms with van der Waals surface area (Å²) in [7, 11) is -3.77. The highest BCUT2D eigenvalue weighted by Gasteiger charge is 2.18. The summed E-state index contributed by atoms with van der Waals surface area (Å²) in [4.78, 5) is 13.8. The molecule has 0 saturated carbocycles. The van der Waals surface area contributed by atoms with E-state index in [0.29, 0.717) is 0 Å². The van der Waals surface area contributed by atoms with Crippen LogP contribution in [0.5, 0.6) is 0 Å². The van der Waals surface area contributed by atoms with Gasteiger partial charge in [-0.15, -0.1) is 0 Å². The van der Waals surface area contributed by atoms with E-state index >= 15 is 0 Å². The van der Waals surface area contributed by atoms with Crippen molar-refractivity contribution in [1.29, 1.82) is 0 Å². The molecule has 0 saturated heterocycles. The van der Waals surface area contributed by atoms with Gasteiger partial charge in [-0.25, -0.2) is 23.2 Å². The number of carboxylic acid groups (broad SMARTS) is 1. The van der Waals surface area contributed by atoms with Crippen molar-refractivity contribution in [3.63, 3.8) is 0 Å². The van der Waals surface area contributed by atoms with Crippen LogP contribution < -0.4 is 10.5 Å². The summed E-state index contributed by atoms with van der Waals surface area (Å²) in [6, 6.07) is -1.10. The molecule has 0 radical (unpaired) electrons. The minimum absolute atomic E-state index is 0.0112. The van der Waals surface area contributed by atoms with Gasteiger partial charge in [0.2, 0.25) is 0 Å². The first-order valence-electron chi connectivity index (χ1n) is 4.27. The second-order valence-electron chi connectivity index (χ2n) is 2.92. The molecular weight excluding hydrogens is 238 g/mol. The highest BCUT2D eigenvalue weighted by Crippen LogP contribution is 1.98. The van der Waals surface area contributed by atoms with Crippen molar-refractivity contribution in [2.24, 2.45) is 5.73 Å². The van der Waals surface area contributed by atoms with Crippen LogP contribution in [0.3, 0.4) is 0 Å². The van der Waals surface area contributed by atoms with Crippen LogP contribution in [0.15, 0.2) is 11.5 Å². The van der Waals surface area contributed by atoms with Gasteiger partial charge < -0.3 is 10.8 Å². The summed E-state index contributed by atoms with van der Waals surface area (Å²) in [6.45, 7) is -0.0868. The van der Waals surface area contributed by atoms with Crippen LogP contribution in [-0.2, 0) is 14.8 Å². The zero-order chi connectivity index (χ0) is 12.2. The third-order valence-electron chi connectivity index (χ3n) is 1.71. The number of hydrogen-bond donors (Lipinski definition) is 4. The van der Waals surface area contributed by atoms with Crippen molar-refractivity contribution < 1.29 is 18.3 Å². The van der Waals surface area contributed by atoms with E-state index in [2.05, 4.69) is 19.9 Å². The predicted molar refractivity (Wildman–Crippen MR) is 51.8 cm³/mol. The summed E-state index contributed by atoms with van der Waals surface area (Å²) in [5, 5.41) is 13.7. The van der Waals surface area contributed by atoms with Gasteiger partial charge in [-0.2, -0.15) is 5.10 Å². The molecule has 1 aromatic heterocycles. The van der Waals surface area contributed by atoms with Crippen LogP contribution in [0.2, 0.25) is 0 Å². The Morgan fingerprint density at radius 1 is 1.69 bits per heavy atom. The Morgan fingerprint density at radius 2 is 2.38 bits per heavy atom. The van der Waals surface area contributed by atoms with E-state index in [1.165, 1.54) is 0 Å². The summed E-state index contributed by atoms with van der Waals surface area (Å²) in [6.07, 6.45) is 1.04. The first-order valence-corrected chi connectivity index (χ1v) is 5.75. The number of sulfonamides is 1. The fourth-order valence-electron chi connectivity index (χ4n) is 0.864. The lowest BCUT2D eigenvalue weighted by Crippen LogP contribution is -2.35. The highest BCUT2D eigenvalue weighted by atomic mass is 32.2. The standard InChI is InChI=1S/C6H11N5O4S/c7-4(5(12)13)1-2-10-16(14,15)6-8-3-9-11-6/h3-4,10H,1-2,7H2,(H,12,13)(H,8,9,11). The largest absolute Gasteiger partial charge is 0.480 e. The first-order chi connectivity index (χ1) is 7.43. The van der Waals surface area contributed by atoms with Gasteiger partial charge in [-0.3, -0.25) is 4.79 Å². The number of aromatic nitrogens is 3. The Labute approximate surface area is 91.1 Å². The number of rotatable bonds is 6. The van der Waals surface area contributed by atoms with Crippen LogP contribution in [0.25, 0.3) is 0 Å². The van der Waals surface area contributed by atoms with Crippen LogP contribution in [0.4, 0.5) is 0 Å². The lowest BCUT2D eigenvalue weighted by molar-refractivity contribution is -0.138. The number of nitrogens with two attached hydrogens (primary N) is 1. The molecule has 9 nitrogen and oxygen atoms in total. The van der Waals surface area contributed by atoms with E-state index in [4.69, 9.17) is 10.8 Å². The Balaban J connectivity index is 2.47. The van der Waals surface area contributed by atoms with Gasteiger partial charge in [0, 0.05) is 6.54 Å². The van der Waals surface area contributed by atoms with Crippen LogP contribution in [-0.4, -0.2) is 47.3 Å². The van der Waals surface area contributed by atoms with E-state index in [1.54, 1.807) is 0 Å². The second-order valence-corrected chi connectivity index (χ2v) is 4.60. The average Bonchev–Trinajstić information content (AvgIpc) is 2.70. The Bertz CT molecular complexity index is 441. The Kier molecular flexibility index (Phi) is 3.93. The van der Waals surface area contributed by atoms with Crippen molar-refractivity contribution in [2.75, 3.05) is 6.54 Å². The lowest BCUT2D eigenvalue weighted by atomic mass is 10.2. The number of aliphatic carboxylic acids is 1. The first kappa shape index (κ1) is 12.5. The van der Waals surface area contributed by atoms with Gasteiger partial charge in [-0.1, -0.05) is 0 Å². The second kappa shape index (κ2) is 5.01. The SMILES string of the molecule is NC(CCNS(=O)(=O)c1ncn[nH]1)C(=O)O. The van der Waals surface area contributed by atoms with E-state index < -0.39 is 22.0 Å². The van der Waals surface area contributed by atoms with Gasteiger partial charge in [0.05, 0.1) is 0 Å². The highest BCUT2D eigenvalue weighted by molar-refractivity contribution is 7.89. The number of nitrogens with one attached hydrogen (secondary N) is 2. The maximum Gasteiger partial charge on any atom is 0.320 e. The van der Waals surface area contributed by atoms with Crippen LogP contribution in [0, 0.1) is 0 Å². The molecule has 90 valence electrons. The van der Waals surface area contributed by atoms with E-state index in [-0.39, 0.29) is 18.1 Å². The molecule has 0 spiro atoms. The fourth-order valence-corrected chi connectivity index (χ4v) is 1.75. The fraction of sp³-hybridized carbons (Fsp3) is 0.500. The van der Waals surface area contributed by atoms with Crippen molar-refractivity contribution in [3.05, 3.63) is 6.33 Å². The van der Waals surface area contributed by atoms with Crippen LogP contribution in [0.1, 0.15) is 6.42 Å². The van der Waals surface area contributed by atoms with Crippen molar-refractivity contribution >= 4 is 16.0 Å². The molecule has 0 aromatic carbocycles. The van der Waals surface area contributed by atoms with Crippen LogP contribution >= 0.6 is 0 Å². The van der Waals surface area contributed by atoms with Gasteiger partial charge in [0.15, 0.2) is 0 Å². The molecule has 0 aliphatic rings. The van der Waals surface area contributed by atoms with Gasteiger partial charge in [-0.05, 0) is 6.42 Å². The summed E-state index contributed by atoms with van der Waals surface area (Å²) in [5.41, 5.74) is 5.19. The summed E-state index contributed by atoms with van der Waals surface area (Å²) >= 11 is 0. The van der Waals surface area contributed by atoms with E-state index in [9.17, 15) is 13.2 Å². The van der Waals surface area contributed by atoms with Gasteiger partial charge >= 0.3 is 5.97 Å². The molecule has 1 heterocycles. The molecule has 5 N–H and O–H groups in total. The molecule has 0 amide bonds. The average molecular weight is 249 g/mol. The monoisotopic (exact) mass is 249 g/mol. The van der Waals surface area contributed by atoms with E-state index in [1.807, 2.05) is 0 Å². The molecule has 10 heteroatoms. The van der Waals surface area contributed by atoms with Crippen molar-refractivity contribution in [1.82, 2.24) is 19.9 Å². The minimum atomic E-state index is -3.77. The number of aromatic amines is 1. The molecule has 0 aliphatic carbocycles. The molecule has 0 bridgehead atoms. The molecule has 1 unspecified atom stereocenters. The lowest BCUT2D eigenvalue weighted by Gasteiger charge is -2.06. The number of carboxylic acids is 1. The molecular formula is C6H11N5O4S. The van der Waals surface area contributed by atoms with Gasteiger partial charge in [0.1, 0.15) is 12.4 Å². The summed E-state index contributed by atoms with van der Waals surface area (Å²) in [5.74, 6) is -1.18. The zero-order valence-electron chi connectivity index (χ0n) is 8.12. The molecule has 1 aromatic rings. The van der Waals surface area contributed by atoms with Crippen molar-refractivity contribution in [2.45, 2.75) is 17.6 Å². The molecule has 1 atom stereocenters. The number of nitrogens with zero attached hydrogens (tertiary/aromatic N) is 2. The zero-order valence-corrected chi connectivity index (χ0v) is 8.94. The number of carbonyl (C=O) groups is 1. The minimum Gasteiger partial charge on any atom is -0.480 e. The summed E-state index contributed by atoms with van der Waals surface area (Å²) < 4.78 is 25.0. The van der Waals surface area contributed by atoms with Gasteiger partial charge in [0.25, 0.3) is 15.2 Å². The number of H-pyrrole nitrogens is 1. The Morgan fingerprint density at radius 3 is 2.88 bits per heavy atom. The third-order valence-corrected chi connectivity index (χ3v) is 3.00. The molecule has 0 fully saturated rings. The van der Waals surface area contributed by atoms with Crippen molar-refractivity contribution in [3.8, 4) is 0 Å². The third kappa shape index (κ3) is 3.25. The topological polar surface area (TPSA) is 151 Å². The predicted octanol–water partition coefficient (Wildman–Crippen LogP) is -2.11. The maximum atomic E-state index is 11.4.